The summed E-state index contributed by atoms with van der Waals surface area (Å²) in [5.41, 5.74) is 1.03. The van der Waals surface area contributed by atoms with Crippen LogP contribution in [0.2, 0.25) is 0 Å². The van der Waals surface area contributed by atoms with E-state index >= 15 is 0 Å². The van der Waals surface area contributed by atoms with Crippen LogP contribution < -0.4 is 5.32 Å². The Morgan fingerprint density at radius 1 is 1.55 bits per heavy atom. The quantitative estimate of drug-likeness (QED) is 0.647. The summed E-state index contributed by atoms with van der Waals surface area (Å²) in [6, 6.07) is 0. The predicted molar refractivity (Wildman–Crippen MR) is 46.0 cm³/mol. The highest BCUT2D eigenvalue weighted by molar-refractivity contribution is 5.30. The molecule has 0 heterocycles. The van der Waals surface area contributed by atoms with Crippen LogP contribution in [0, 0.1) is 0 Å². The molecule has 0 saturated heterocycles. The van der Waals surface area contributed by atoms with Crippen molar-refractivity contribution < 1.29 is 4.74 Å². The van der Waals surface area contributed by atoms with Gasteiger partial charge in [-0.2, -0.15) is 0 Å². The third kappa shape index (κ3) is 1.87. The smallest absolute Gasteiger partial charge is 0.138 e. The second-order valence-corrected chi connectivity index (χ2v) is 2.27. The van der Waals surface area contributed by atoms with Crippen molar-refractivity contribution in [2.75, 3.05) is 14.2 Å². The molecule has 0 fully saturated rings. The summed E-state index contributed by atoms with van der Waals surface area (Å²) in [6.07, 6.45) is 9.09. The van der Waals surface area contributed by atoms with Crippen molar-refractivity contribution in [3.8, 4) is 0 Å². The van der Waals surface area contributed by atoms with E-state index in [0.717, 1.165) is 17.9 Å². The fourth-order valence-electron chi connectivity index (χ4n) is 1.01. The summed E-state index contributed by atoms with van der Waals surface area (Å²) in [7, 11) is 3.57. The van der Waals surface area contributed by atoms with Gasteiger partial charge in [-0.1, -0.05) is 12.2 Å². The molecule has 0 amide bonds. The van der Waals surface area contributed by atoms with Crippen LogP contribution in [0.1, 0.15) is 6.42 Å². The van der Waals surface area contributed by atoms with E-state index in [9.17, 15) is 0 Å². The number of likely N-dealkylation sites (N-methyl/N-ethyl adjacent to an activating group) is 1. The van der Waals surface area contributed by atoms with E-state index in [1.165, 1.54) is 0 Å². The van der Waals surface area contributed by atoms with Gasteiger partial charge in [0.2, 0.25) is 0 Å². The number of ether oxygens (including phenoxy) is 1. The molecule has 0 atom stereocenters. The SMILES string of the molecule is CNC1=CC=CCC=C1OC. The predicted octanol–water partition coefficient (Wildman–Crippen LogP) is 1.58. The molecule has 0 spiro atoms. The summed E-state index contributed by atoms with van der Waals surface area (Å²) >= 11 is 0. The van der Waals surface area contributed by atoms with Crippen molar-refractivity contribution in [1.29, 1.82) is 0 Å². The Kier molecular flexibility index (Phi) is 2.78. The molecule has 0 radical (unpaired) electrons. The highest BCUT2D eigenvalue weighted by Gasteiger charge is 2.01. The molecule has 2 nitrogen and oxygen atoms in total. The number of allylic oxidation sites excluding steroid dienone is 4. The van der Waals surface area contributed by atoms with Gasteiger partial charge in [-0.15, -0.1) is 0 Å². The average Bonchev–Trinajstić information content (AvgIpc) is 2.27. The zero-order chi connectivity index (χ0) is 8.10. The molecule has 11 heavy (non-hydrogen) atoms. The Hall–Kier alpha value is -1.18. The summed E-state index contributed by atoms with van der Waals surface area (Å²) in [6.45, 7) is 0. The number of nitrogens with one attached hydrogen (secondary N) is 1. The van der Waals surface area contributed by atoms with Gasteiger partial charge in [0.25, 0.3) is 0 Å². The second kappa shape index (κ2) is 3.86. The van der Waals surface area contributed by atoms with Crippen LogP contribution in [-0.2, 0) is 4.74 Å². The Morgan fingerprint density at radius 2 is 2.36 bits per heavy atom. The lowest BCUT2D eigenvalue weighted by Crippen LogP contribution is -2.08. The maximum atomic E-state index is 5.16. The molecule has 0 aromatic carbocycles. The van der Waals surface area contributed by atoms with Gasteiger partial charge < -0.3 is 10.1 Å². The largest absolute Gasteiger partial charge is 0.495 e. The van der Waals surface area contributed by atoms with Crippen LogP contribution in [-0.4, -0.2) is 14.2 Å². The molecule has 1 N–H and O–H groups in total. The van der Waals surface area contributed by atoms with Gasteiger partial charge in [-0.25, -0.2) is 0 Å². The lowest BCUT2D eigenvalue weighted by atomic mass is 10.3. The molecule has 0 saturated carbocycles. The number of rotatable bonds is 2. The minimum absolute atomic E-state index is 0.914. The Labute approximate surface area is 67.2 Å². The van der Waals surface area contributed by atoms with E-state index in [0.29, 0.717) is 0 Å². The molecular formula is C9H13NO. The first-order valence-electron chi connectivity index (χ1n) is 3.67. The molecule has 1 rings (SSSR count). The number of methoxy groups -OCH3 is 1. The Morgan fingerprint density at radius 3 is 3.00 bits per heavy atom. The first-order valence-corrected chi connectivity index (χ1v) is 3.67. The van der Waals surface area contributed by atoms with Gasteiger partial charge in [0, 0.05) is 7.05 Å². The lowest BCUT2D eigenvalue weighted by molar-refractivity contribution is 0.296. The van der Waals surface area contributed by atoms with E-state index in [1.54, 1.807) is 7.11 Å². The van der Waals surface area contributed by atoms with Crippen LogP contribution in [0.5, 0.6) is 0 Å². The summed E-state index contributed by atoms with van der Waals surface area (Å²) in [5.74, 6) is 0.914. The highest BCUT2D eigenvalue weighted by Crippen LogP contribution is 2.11. The third-order valence-corrected chi connectivity index (χ3v) is 1.59. The number of hydrogen-bond acceptors (Lipinski definition) is 2. The van der Waals surface area contributed by atoms with Crippen molar-refractivity contribution in [2.24, 2.45) is 0 Å². The van der Waals surface area contributed by atoms with Crippen molar-refractivity contribution in [2.45, 2.75) is 6.42 Å². The molecule has 1 aliphatic carbocycles. The summed E-state index contributed by atoms with van der Waals surface area (Å²) in [4.78, 5) is 0. The third-order valence-electron chi connectivity index (χ3n) is 1.59. The maximum Gasteiger partial charge on any atom is 0.138 e. The van der Waals surface area contributed by atoms with Gasteiger partial charge >= 0.3 is 0 Å². The molecular weight excluding hydrogens is 138 g/mol. The van der Waals surface area contributed by atoms with Crippen molar-refractivity contribution >= 4 is 0 Å². The second-order valence-electron chi connectivity index (χ2n) is 2.27. The fourth-order valence-corrected chi connectivity index (χ4v) is 1.01. The zero-order valence-electron chi connectivity index (χ0n) is 6.92. The summed E-state index contributed by atoms with van der Waals surface area (Å²) < 4.78 is 5.16. The number of hydrogen-bond donors (Lipinski definition) is 1. The Balaban J connectivity index is 2.82. The van der Waals surface area contributed by atoms with E-state index < -0.39 is 0 Å². The van der Waals surface area contributed by atoms with E-state index in [-0.39, 0.29) is 0 Å². The maximum absolute atomic E-state index is 5.16. The molecule has 0 aromatic heterocycles. The van der Waals surface area contributed by atoms with Crippen LogP contribution in [0.15, 0.2) is 35.8 Å². The Bertz CT molecular complexity index is 214. The molecule has 0 unspecified atom stereocenters. The molecule has 2 heteroatoms. The zero-order valence-corrected chi connectivity index (χ0v) is 6.92. The first kappa shape index (κ1) is 7.92. The molecule has 1 aliphatic rings. The van der Waals surface area contributed by atoms with Crippen LogP contribution in [0.3, 0.4) is 0 Å². The van der Waals surface area contributed by atoms with Crippen molar-refractivity contribution in [3.63, 3.8) is 0 Å². The monoisotopic (exact) mass is 151 g/mol. The average molecular weight is 151 g/mol. The van der Waals surface area contributed by atoms with Crippen molar-refractivity contribution in [3.05, 3.63) is 35.8 Å². The standard InChI is InChI=1S/C9H13NO/c1-10-8-6-4-3-5-7-9(8)11-2/h3-4,6-7,10H,5H2,1-2H3. The first-order chi connectivity index (χ1) is 5.38. The van der Waals surface area contributed by atoms with Crippen LogP contribution in [0.4, 0.5) is 0 Å². The molecule has 60 valence electrons. The summed E-state index contributed by atoms with van der Waals surface area (Å²) in [5, 5.41) is 3.06. The molecule has 0 bridgehead atoms. The van der Waals surface area contributed by atoms with Gasteiger partial charge in [0.1, 0.15) is 5.76 Å². The van der Waals surface area contributed by atoms with Crippen LogP contribution >= 0.6 is 0 Å². The van der Waals surface area contributed by atoms with E-state index in [1.807, 2.05) is 25.3 Å². The van der Waals surface area contributed by atoms with E-state index in [4.69, 9.17) is 4.74 Å². The van der Waals surface area contributed by atoms with E-state index in [2.05, 4.69) is 11.4 Å². The topological polar surface area (TPSA) is 21.3 Å². The van der Waals surface area contributed by atoms with Crippen molar-refractivity contribution in [1.82, 2.24) is 5.32 Å². The molecule has 0 aromatic rings. The minimum atomic E-state index is 0.914. The fraction of sp³-hybridized carbons (Fsp3) is 0.333. The van der Waals surface area contributed by atoms with Gasteiger partial charge in [0.15, 0.2) is 0 Å². The van der Waals surface area contributed by atoms with Gasteiger partial charge in [0.05, 0.1) is 12.8 Å². The van der Waals surface area contributed by atoms with Gasteiger partial charge in [-0.05, 0) is 18.6 Å². The highest BCUT2D eigenvalue weighted by atomic mass is 16.5. The lowest BCUT2D eigenvalue weighted by Gasteiger charge is -2.08. The van der Waals surface area contributed by atoms with Gasteiger partial charge in [-0.3, -0.25) is 0 Å². The minimum Gasteiger partial charge on any atom is -0.495 e. The molecule has 0 aliphatic heterocycles. The van der Waals surface area contributed by atoms with Crippen LogP contribution in [0.25, 0.3) is 0 Å². The normalized spacial score (nSPS) is 16.5.